The van der Waals surface area contributed by atoms with Crippen molar-refractivity contribution in [3.8, 4) is 11.4 Å². The Labute approximate surface area is 172 Å². The summed E-state index contributed by atoms with van der Waals surface area (Å²) in [5.41, 5.74) is 2.35. The first kappa shape index (κ1) is 18.8. The lowest BCUT2D eigenvalue weighted by atomic mass is 10.1. The van der Waals surface area contributed by atoms with Crippen LogP contribution >= 0.6 is 0 Å². The summed E-state index contributed by atoms with van der Waals surface area (Å²) >= 11 is 0. The molecule has 8 nitrogen and oxygen atoms in total. The Morgan fingerprint density at radius 1 is 1.23 bits per heavy atom. The van der Waals surface area contributed by atoms with E-state index in [2.05, 4.69) is 30.4 Å². The third-order valence-electron chi connectivity index (χ3n) is 5.79. The second-order valence-electron chi connectivity index (χ2n) is 7.95. The number of nitrogens with zero attached hydrogens (tertiary/aromatic N) is 5. The number of piperidine rings is 1. The fourth-order valence-corrected chi connectivity index (χ4v) is 4.20. The standard InChI is InChI=1S/C21H21FN6O2/c1-11-3-4-15(7-16(11)20-23-8-14(22)9-24-20)25-21(29)18-6-13-5-17(13)28(18)10-19-27-26-12(2)30-19/h3-4,7-9,13,17-18H,5-6,10H2,1-2H3,(H,25,29)/t13-,17-,18+/m1/s1. The van der Waals surface area contributed by atoms with Crippen molar-refractivity contribution in [3.63, 3.8) is 0 Å². The van der Waals surface area contributed by atoms with Gasteiger partial charge in [-0.2, -0.15) is 0 Å². The Hall–Kier alpha value is -3.20. The third-order valence-corrected chi connectivity index (χ3v) is 5.79. The number of hydrogen-bond donors (Lipinski definition) is 1. The van der Waals surface area contributed by atoms with E-state index in [9.17, 15) is 9.18 Å². The summed E-state index contributed by atoms with van der Waals surface area (Å²) in [6.45, 7) is 4.15. The average Bonchev–Trinajstić information content (AvgIpc) is 3.24. The molecule has 3 heterocycles. The van der Waals surface area contributed by atoms with Crippen LogP contribution in [0.5, 0.6) is 0 Å². The minimum Gasteiger partial charge on any atom is -0.424 e. The summed E-state index contributed by atoms with van der Waals surface area (Å²) in [5.74, 6) is 1.47. The highest BCUT2D eigenvalue weighted by molar-refractivity contribution is 5.95. The molecule has 1 N–H and O–H groups in total. The molecule has 154 valence electrons. The van der Waals surface area contributed by atoms with Crippen molar-refractivity contribution in [1.29, 1.82) is 0 Å². The molecule has 1 amide bonds. The molecule has 3 atom stereocenters. The van der Waals surface area contributed by atoms with Crippen molar-refractivity contribution in [2.75, 3.05) is 5.32 Å². The Morgan fingerprint density at radius 3 is 2.77 bits per heavy atom. The van der Waals surface area contributed by atoms with Gasteiger partial charge in [-0.3, -0.25) is 9.69 Å². The van der Waals surface area contributed by atoms with Crippen LogP contribution < -0.4 is 5.32 Å². The molecule has 2 aliphatic rings. The number of carbonyl (C=O) groups excluding carboxylic acids is 1. The average molecular weight is 408 g/mol. The lowest BCUT2D eigenvalue weighted by Gasteiger charge is -2.25. The van der Waals surface area contributed by atoms with Crippen molar-refractivity contribution in [2.45, 2.75) is 45.3 Å². The van der Waals surface area contributed by atoms with Crippen molar-refractivity contribution < 1.29 is 13.6 Å². The first-order valence-electron chi connectivity index (χ1n) is 9.92. The van der Waals surface area contributed by atoms with Gasteiger partial charge in [0.25, 0.3) is 0 Å². The number of aromatic nitrogens is 4. The number of nitrogens with one attached hydrogen (secondary N) is 1. The van der Waals surface area contributed by atoms with Gasteiger partial charge in [0.2, 0.25) is 17.7 Å². The van der Waals surface area contributed by atoms with Crippen LogP contribution in [0.2, 0.25) is 0 Å². The molecule has 0 radical (unpaired) electrons. The zero-order chi connectivity index (χ0) is 20.8. The lowest BCUT2D eigenvalue weighted by Crippen LogP contribution is -2.41. The fraction of sp³-hybridized carbons (Fsp3) is 0.381. The highest BCUT2D eigenvalue weighted by Gasteiger charge is 2.54. The number of benzene rings is 1. The van der Waals surface area contributed by atoms with E-state index in [-0.39, 0.29) is 11.9 Å². The normalized spacial score (nSPS) is 22.7. The molecule has 1 aliphatic carbocycles. The highest BCUT2D eigenvalue weighted by Crippen LogP contribution is 2.48. The van der Waals surface area contributed by atoms with Gasteiger partial charge >= 0.3 is 0 Å². The van der Waals surface area contributed by atoms with Crippen molar-refractivity contribution in [1.82, 2.24) is 25.1 Å². The number of likely N-dealkylation sites (tertiary alicyclic amines) is 1. The topological polar surface area (TPSA) is 97.0 Å². The number of carbonyl (C=O) groups is 1. The quantitative estimate of drug-likeness (QED) is 0.693. The molecule has 1 saturated carbocycles. The molecule has 30 heavy (non-hydrogen) atoms. The summed E-state index contributed by atoms with van der Waals surface area (Å²) in [7, 11) is 0. The van der Waals surface area contributed by atoms with Gasteiger partial charge in [-0.15, -0.1) is 10.2 Å². The summed E-state index contributed by atoms with van der Waals surface area (Å²) < 4.78 is 18.7. The minimum atomic E-state index is -0.489. The van der Waals surface area contributed by atoms with Gasteiger partial charge in [0.15, 0.2) is 11.6 Å². The first-order valence-corrected chi connectivity index (χ1v) is 9.92. The number of halogens is 1. The highest BCUT2D eigenvalue weighted by atomic mass is 19.1. The van der Waals surface area contributed by atoms with Crippen LogP contribution in [-0.4, -0.2) is 43.1 Å². The third kappa shape index (κ3) is 3.56. The molecular weight excluding hydrogens is 387 g/mol. The molecular formula is C21H21FN6O2. The van der Waals surface area contributed by atoms with Gasteiger partial charge in [0, 0.05) is 24.2 Å². The number of aryl methyl sites for hydroxylation is 2. The van der Waals surface area contributed by atoms with Gasteiger partial charge in [0.05, 0.1) is 25.0 Å². The van der Waals surface area contributed by atoms with Gasteiger partial charge in [-0.1, -0.05) is 6.07 Å². The van der Waals surface area contributed by atoms with Gasteiger partial charge in [-0.25, -0.2) is 14.4 Å². The Morgan fingerprint density at radius 2 is 2.03 bits per heavy atom. The van der Waals surface area contributed by atoms with E-state index in [4.69, 9.17) is 4.42 Å². The van der Waals surface area contributed by atoms with Crippen LogP contribution in [0, 0.1) is 25.6 Å². The second kappa shape index (κ2) is 7.24. The van der Waals surface area contributed by atoms with Crippen LogP contribution in [0.15, 0.2) is 35.0 Å². The van der Waals surface area contributed by atoms with Crippen LogP contribution in [0.25, 0.3) is 11.4 Å². The second-order valence-corrected chi connectivity index (χ2v) is 7.95. The van der Waals surface area contributed by atoms with Crippen molar-refractivity contribution in [3.05, 3.63) is 53.8 Å². The van der Waals surface area contributed by atoms with Gasteiger partial charge in [0.1, 0.15) is 0 Å². The molecule has 9 heteroatoms. The van der Waals surface area contributed by atoms with Gasteiger partial charge in [-0.05, 0) is 43.4 Å². The van der Waals surface area contributed by atoms with Gasteiger partial charge < -0.3 is 9.73 Å². The Balaban J connectivity index is 1.33. The molecule has 0 bridgehead atoms. The predicted octanol–water partition coefficient (Wildman–Crippen LogP) is 2.88. The Kier molecular flexibility index (Phi) is 4.54. The first-order chi connectivity index (χ1) is 14.5. The number of hydrogen-bond acceptors (Lipinski definition) is 7. The molecule has 0 spiro atoms. The number of rotatable bonds is 5. The molecule has 0 unspecified atom stereocenters. The maximum Gasteiger partial charge on any atom is 0.241 e. The van der Waals surface area contributed by atoms with E-state index in [0.717, 1.165) is 36.4 Å². The summed E-state index contributed by atoms with van der Waals surface area (Å²) in [5, 5.41) is 11.0. The molecule has 2 aromatic heterocycles. The molecule has 1 aromatic carbocycles. The van der Waals surface area contributed by atoms with Crippen LogP contribution in [-0.2, 0) is 11.3 Å². The van der Waals surface area contributed by atoms with Crippen LogP contribution in [0.1, 0.15) is 30.2 Å². The number of amides is 1. The largest absolute Gasteiger partial charge is 0.424 e. The Bertz CT molecular complexity index is 1100. The number of fused-ring (bicyclic) bond motifs is 1. The zero-order valence-electron chi connectivity index (χ0n) is 16.7. The zero-order valence-corrected chi connectivity index (χ0v) is 16.7. The van der Waals surface area contributed by atoms with E-state index < -0.39 is 5.82 Å². The van der Waals surface area contributed by atoms with Crippen molar-refractivity contribution in [2.24, 2.45) is 5.92 Å². The molecule has 1 aliphatic heterocycles. The van der Waals surface area contributed by atoms with Crippen LogP contribution in [0.4, 0.5) is 10.1 Å². The number of anilines is 1. The maximum atomic E-state index is 13.2. The van der Waals surface area contributed by atoms with E-state index >= 15 is 0 Å². The molecule has 1 saturated heterocycles. The smallest absolute Gasteiger partial charge is 0.241 e. The van der Waals surface area contributed by atoms with Crippen molar-refractivity contribution >= 4 is 11.6 Å². The SMILES string of the molecule is Cc1nnc(CN2[C@@H]3C[C@@H]3C[C@H]2C(=O)Nc2ccc(C)c(-c3ncc(F)cn3)c2)o1. The monoisotopic (exact) mass is 408 g/mol. The minimum absolute atomic E-state index is 0.0618. The molecule has 5 rings (SSSR count). The van der Waals surface area contributed by atoms with E-state index in [1.807, 2.05) is 25.1 Å². The predicted molar refractivity (Wildman–Crippen MR) is 106 cm³/mol. The summed E-state index contributed by atoms with van der Waals surface area (Å²) in [6, 6.07) is 5.72. The molecule has 3 aromatic rings. The summed E-state index contributed by atoms with van der Waals surface area (Å²) in [4.78, 5) is 23.3. The lowest BCUT2D eigenvalue weighted by molar-refractivity contribution is -0.121. The van der Waals surface area contributed by atoms with E-state index in [1.54, 1.807) is 6.92 Å². The van der Waals surface area contributed by atoms with E-state index in [1.165, 1.54) is 0 Å². The summed E-state index contributed by atoms with van der Waals surface area (Å²) in [6.07, 6.45) is 4.20. The maximum absolute atomic E-state index is 13.2. The fourth-order valence-electron chi connectivity index (χ4n) is 4.20. The van der Waals surface area contributed by atoms with E-state index in [0.29, 0.717) is 41.8 Å². The van der Waals surface area contributed by atoms with Crippen LogP contribution in [0.3, 0.4) is 0 Å². The molecule has 2 fully saturated rings.